The maximum Gasteiger partial charge on any atom is 0.305 e. The van der Waals surface area contributed by atoms with Crippen molar-refractivity contribution >= 4 is 23.9 Å². The quantitative estimate of drug-likeness (QED) is 0.460. The number of carbonyl (C=O) groups is 4. The zero-order chi connectivity index (χ0) is 19.1. The van der Waals surface area contributed by atoms with E-state index in [1.807, 2.05) is 0 Å². The van der Waals surface area contributed by atoms with Gasteiger partial charge in [0.15, 0.2) is 12.2 Å². The maximum atomic E-state index is 11.5. The predicted octanol–water partition coefficient (Wildman–Crippen LogP) is -0.284. The first kappa shape index (κ1) is 20.8. The molecular weight excluding hydrogens is 340 g/mol. The fourth-order valence-electron chi connectivity index (χ4n) is 2.41. The minimum absolute atomic E-state index is 0.0553. The van der Waals surface area contributed by atoms with Gasteiger partial charge in [-0.3, -0.25) is 19.2 Å². The molecule has 0 saturated carbocycles. The van der Waals surface area contributed by atoms with Gasteiger partial charge in [0.05, 0.1) is 6.61 Å². The third-order valence-corrected chi connectivity index (χ3v) is 3.11. The van der Waals surface area contributed by atoms with Crippen LogP contribution in [0.1, 0.15) is 27.7 Å². The highest BCUT2D eigenvalue weighted by Crippen LogP contribution is 2.29. The lowest BCUT2D eigenvalue weighted by Gasteiger charge is -2.43. The Morgan fingerprint density at radius 2 is 1.16 bits per heavy atom. The number of methoxy groups -OCH3 is 1. The molecule has 1 saturated heterocycles. The molecule has 0 aromatic carbocycles. The van der Waals surface area contributed by atoms with Gasteiger partial charge in [-0.05, 0) is 0 Å². The average Bonchev–Trinajstić information content (AvgIpc) is 2.45. The summed E-state index contributed by atoms with van der Waals surface area (Å²) in [5, 5.41) is 0. The highest BCUT2D eigenvalue weighted by Gasteiger charge is 2.53. The van der Waals surface area contributed by atoms with Crippen LogP contribution in [-0.4, -0.2) is 68.3 Å². The molecule has 0 aromatic heterocycles. The summed E-state index contributed by atoms with van der Waals surface area (Å²) in [6.07, 6.45) is -5.98. The van der Waals surface area contributed by atoms with Gasteiger partial charge in [-0.2, -0.15) is 0 Å². The van der Waals surface area contributed by atoms with E-state index in [2.05, 4.69) is 0 Å². The minimum Gasteiger partial charge on any atom is -0.456 e. The third-order valence-electron chi connectivity index (χ3n) is 3.11. The Morgan fingerprint density at radius 3 is 1.60 bits per heavy atom. The van der Waals surface area contributed by atoms with Gasteiger partial charge < -0.3 is 28.4 Å². The van der Waals surface area contributed by atoms with Gasteiger partial charge in [-0.1, -0.05) is 0 Å². The second-order valence-electron chi connectivity index (χ2n) is 5.33. The normalized spacial score (nSPS) is 28.6. The molecule has 0 radical (unpaired) electrons. The molecule has 1 heterocycles. The molecule has 0 aromatic rings. The van der Waals surface area contributed by atoms with Crippen LogP contribution in [0.3, 0.4) is 0 Å². The average molecular weight is 362 g/mol. The van der Waals surface area contributed by atoms with Gasteiger partial charge in [0, 0.05) is 34.8 Å². The van der Waals surface area contributed by atoms with E-state index in [4.69, 9.17) is 28.4 Å². The molecule has 10 heteroatoms. The number of hydrogen-bond donors (Lipinski definition) is 0. The smallest absolute Gasteiger partial charge is 0.305 e. The highest BCUT2D eigenvalue weighted by molar-refractivity contribution is 5.69. The Balaban J connectivity index is 3.25. The predicted molar refractivity (Wildman–Crippen MR) is 79.0 cm³/mol. The Kier molecular flexibility index (Phi) is 7.78. The molecule has 0 bridgehead atoms. The van der Waals surface area contributed by atoms with Gasteiger partial charge in [0.2, 0.25) is 12.4 Å². The van der Waals surface area contributed by atoms with E-state index in [1.54, 1.807) is 0 Å². The fraction of sp³-hybridized carbons (Fsp3) is 0.733. The number of hydrogen-bond acceptors (Lipinski definition) is 10. The van der Waals surface area contributed by atoms with Crippen LogP contribution < -0.4 is 0 Å². The van der Waals surface area contributed by atoms with Crippen LogP contribution in [0.4, 0.5) is 0 Å². The zero-order valence-corrected chi connectivity index (χ0v) is 14.7. The number of carbonyl (C=O) groups excluding carboxylic acids is 4. The minimum atomic E-state index is -1.36. The number of rotatable bonds is 6. The molecule has 0 spiro atoms. The first-order chi connectivity index (χ1) is 11.6. The van der Waals surface area contributed by atoms with Crippen LogP contribution in [0.15, 0.2) is 0 Å². The second-order valence-corrected chi connectivity index (χ2v) is 5.33. The van der Waals surface area contributed by atoms with E-state index in [0.717, 1.165) is 27.7 Å². The van der Waals surface area contributed by atoms with Crippen molar-refractivity contribution in [3.8, 4) is 0 Å². The first-order valence-corrected chi connectivity index (χ1v) is 7.49. The molecule has 10 nitrogen and oxygen atoms in total. The van der Waals surface area contributed by atoms with E-state index in [0.29, 0.717) is 0 Å². The van der Waals surface area contributed by atoms with E-state index in [-0.39, 0.29) is 6.61 Å². The van der Waals surface area contributed by atoms with Crippen LogP contribution in [-0.2, 0) is 47.6 Å². The van der Waals surface area contributed by atoms with E-state index in [9.17, 15) is 19.2 Å². The molecule has 1 unspecified atom stereocenters. The van der Waals surface area contributed by atoms with Crippen molar-refractivity contribution in [2.45, 2.75) is 58.4 Å². The monoisotopic (exact) mass is 362 g/mol. The SMILES string of the molecule is COC[C@@H]1OC(OC(C)=O)[C@@H](OC(C)=O)[C@H](OC(C)=O)[C@@H]1OC(C)=O. The summed E-state index contributed by atoms with van der Waals surface area (Å²) < 4.78 is 31.1. The Hall–Kier alpha value is -2.20. The Morgan fingerprint density at radius 1 is 0.720 bits per heavy atom. The lowest BCUT2D eigenvalue weighted by molar-refractivity contribution is -0.300. The first-order valence-electron chi connectivity index (χ1n) is 7.49. The van der Waals surface area contributed by atoms with Gasteiger partial charge >= 0.3 is 23.9 Å². The maximum absolute atomic E-state index is 11.5. The summed E-state index contributed by atoms with van der Waals surface area (Å²) in [7, 11) is 1.38. The van der Waals surface area contributed by atoms with Gasteiger partial charge in [0.1, 0.15) is 6.10 Å². The standard InChI is InChI=1S/C15H22O10/c1-7(16)21-12-11(6-20-5)25-15(24-10(4)19)14(23-9(3)18)13(12)22-8(2)17/h11-15H,6H2,1-5H3/t11-,12+,13+,14-,15?/m0/s1. The van der Waals surface area contributed by atoms with Gasteiger partial charge in [-0.25, -0.2) is 0 Å². The molecule has 1 fully saturated rings. The van der Waals surface area contributed by atoms with Gasteiger partial charge in [0.25, 0.3) is 0 Å². The molecule has 25 heavy (non-hydrogen) atoms. The van der Waals surface area contributed by atoms with Crippen molar-refractivity contribution in [3.05, 3.63) is 0 Å². The largest absolute Gasteiger partial charge is 0.456 e. The van der Waals surface area contributed by atoms with Crippen molar-refractivity contribution < 1.29 is 47.6 Å². The Bertz CT molecular complexity index is 516. The summed E-state index contributed by atoms with van der Waals surface area (Å²) in [4.78, 5) is 45.7. The van der Waals surface area contributed by atoms with Crippen LogP contribution in [0.5, 0.6) is 0 Å². The summed E-state index contributed by atoms with van der Waals surface area (Å²) in [6, 6.07) is 0. The second kappa shape index (κ2) is 9.33. The topological polar surface area (TPSA) is 124 Å². The fourth-order valence-corrected chi connectivity index (χ4v) is 2.41. The van der Waals surface area contributed by atoms with Crippen LogP contribution in [0, 0.1) is 0 Å². The molecule has 0 aliphatic carbocycles. The molecule has 1 rings (SSSR count). The van der Waals surface area contributed by atoms with Crippen LogP contribution in [0.25, 0.3) is 0 Å². The summed E-state index contributed by atoms with van der Waals surface area (Å²) in [5.41, 5.74) is 0. The molecule has 5 atom stereocenters. The Labute approximate surface area is 144 Å². The zero-order valence-electron chi connectivity index (χ0n) is 14.7. The van der Waals surface area contributed by atoms with Crippen LogP contribution >= 0.6 is 0 Å². The molecule has 0 amide bonds. The lowest BCUT2D eigenvalue weighted by Crippen LogP contribution is -2.63. The van der Waals surface area contributed by atoms with Crippen molar-refractivity contribution in [2.24, 2.45) is 0 Å². The van der Waals surface area contributed by atoms with E-state index >= 15 is 0 Å². The summed E-state index contributed by atoms with van der Waals surface area (Å²) in [5.74, 6) is -2.81. The summed E-state index contributed by atoms with van der Waals surface area (Å²) in [6.45, 7) is 4.50. The summed E-state index contributed by atoms with van der Waals surface area (Å²) >= 11 is 0. The van der Waals surface area contributed by atoms with Crippen molar-refractivity contribution in [1.82, 2.24) is 0 Å². The van der Waals surface area contributed by atoms with Crippen molar-refractivity contribution in [1.29, 1.82) is 0 Å². The molecule has 1 aliphatic heterocycles. The van der Waals surface area contributed by atoms with E-state index in [1.165, 1.54) is 7.11 Å². The van der Waals surface area contributed by atoms with Crippen molar-refractivity contribution in [3.63, 3.8) is 0 Å². The lowest BCUT2D eigenvalue weighted by atomic mass is 9.98. The van der Waals surface area contributed by atoms with Gasteiger partial charge in [-0.15, -0.1) is 0 Å². The number of ether oxygens (including phenoxy) is 6. The third kappa shape index (κ3) is 6.31. The highest BCUT2D eigenvalue weighted by atomic mass is 16.7. The molecule has 142 valence electrons. The van der Waals surface area contributed by atoms with Crippen LogP contribution in [0.2, 0.25) is 0 Å². The van der Waals surface area contributed by atoms with Crippen molar-refractivity contribution in [2.75, 3.05) is 13.7 Å². The molecule has 0 N–H and O–H groups in total. The van der Waals surface area contributed by atoms with E-state index < -0.39 is 54.6 Å². The molecular formula is C15H22O10. The molecule has 1 aliphatic rings. The number of esters is 4.